The van der Waals surface area contributed by atoms with Crippen molar-refractivity contribution in [3.8, 4) is 0 Å². The molecule has 0 aliphatic heterocycles. The summed E-state index contributed by atoms with van der Waals surface area (Å²) in [4.78, 5) is 15.8. The molecule has 120 valence electrons. The zero-order valence-electron chi connectivity index (χ0n) is 13.2. The Morgan fingerprint density at radius 2 is 1.92 bits per heavy atom. The Kier molecular flexibility index (Phi) is 4.76. The fourth-order valence-corrected chi connectivity index (χ4v) is 2.18. The van der Waals surface area contributed by atoms with Crippen molar-refractivity contribution < 1.29 is 4.79 Å². The molecule has 0 bridgehead atoms. The third-order valence-electron chi connectivity index (χ3n) is 3.39. The minimum atomic E-state index is 0.0182. The van der Waals surface area contributed by atoms with Gasteiger partial charge in [0.2, 0.25) is 5.95 Å². The highest BCUT2D eigenvalue weighted by Crippen LogP contribution is 2.16. The van der Waals surface area contributed by atoms with Gasteiger partial charge in [-0.05, 0) is 24.6 Å². The number of benzene rings is 2. The van der Waals surface area contributed by atoms with E-state index in [-0.39, 0.29) is 5.78 Å². The van der Waals surface area contributed by atoms with Crippen molar-refractivity contribution in [2.75, 3.05) is 10.6 Å². The van der Waals surface area contributed by atoms with Gasteiger partial charge in [-0.25, -0.2) is 0 Å². The van der Waals surface area contributed by atoms with Crippen LogP contribution in [0.1, 0.15) is 22.8 Å². The normalized spacial score (nSPS) is 10.2. The van der Waals surface area contributed by atoms with Gasteiger partial charge in [0.15, 0.2) is 11.6 Å². The lowest BCUT2D eigenvalue weighted by atomic mass is 10.1. The number of nitrogens with zero attached hydrogens (tertiary/aromatic N) is 3. The zero-order valence-corrected chi connectivity index (χ0v) is 13.2. The van der Waals surface area contributed by atoms with Gasteiger partial charge in [-0.3, -0.25) is 4.79 Å². The molecule has 1 aromatic heterocycles. The fraction of sp³-hybridized carbons (Fsp3) is 0.111. The maximum absolute atomic E-state index is 11.4. The van der Waals surface area contributed by atoms with Crippen LogP contribution in [-0.2, 0) is 6.54 Å². The van der Waals surface area contributed by atoms with Crippen molar-refractivity contribution >= 4 is 23.2 Å². The van der Waals surface area contributed by atoms with Crippen LogP contribution < -0.4 is 10.6 Å². The second kappa shape index (κ2) is 7.32. The minimum Gasteiger partial charge on any atom is -0.349 e. The number of rotatable bonds is 6. The third-order valence-corrected chi connectivity index (χ3v) is 3.39. The van der Waals surface area contributed by atoms with Crippen molar-refractivity contribution in [3.63, 3.8) is 0 Å². The summed E-state index contributed by atoms with van der Waals surface area (Å²) in [5, 5.41) is 14.2. The lowest BCUT2D eigenvalue weighted by Gasteiger charge is -2.08. The molecule has 6 nitrogen and oxygen atoms in total. The average Bonchev–Trinajstić information content (AvgIpc) is 2.61. The van der Waals surface area contributed by atoms with Gasteiger partial charge in [-0.15, -0.1) is 5.10 Å². The van der Waals surface area contributed by atoms with Gasteiger partial charge in [0.1, 0.15) is 0 Å². The van der Waals surface area contributed by atoms with E-state index in [9.17, 15) is 4.79 Å². The molecule has 24 heavy (non-hydrogen) atoms. The summed E-state index contributed by atoms with van der Waals surface area (Å²) in [5.41, 5.74) is 2.55. The number of ketones is 1. The van der Waals surface area contributed by atoms with E-state index in [2.05, 4.69) is 25.8 Å². The maximum atomic E-state index is 11.4. The lowest BCUT2D eigenvalue weighted by Crippen LogP contribution is -2.06. The van der Waals surface area contributed by atoms with E-state index in [0.29, 0.717) is 23.9 Å². The summed E-state index contributed by atoms with van der Waals surface area (Å²) < 4.78 is 0. The molecule has 2 N–H and O–H groups in total. The third kappa shape index (κ3) is 4.13. The fourth-order valence-electron chi connectivity index (χ4n) is 2.18. The first-order valence-corrected chi connectivity index (χ1v) is 7.56. The van der Waals surface area contributed by atoms with Crippen LogP contribution in [0.5, 0.6) is 0 Å². The number of carbonyl (C=O) groups is 1. The monoisotopic (exact) mass is 319 g/mol. The first-order valence-electron chi connectivity index (χ1n) is 7.56. The SMILES string of the molecule is CC(=O)c1cccc(Nc2cnnc(NCc3ccccc3)n2)c1. The number of anilines is 3. The summed E-state index contributed by atoms with van der Waals surface area (Å²) in [6, 6.07) is 17.2. The highest BCUT2D eigenvalue weighted by molar-refractivity contribution is 5.95. The van der Waals surface area contributed by atoms with E-state index in [1.807, 2.05) is 42.5 Å². The summed E-state index contributed by atoms with van der Waals surface area (Å²) in [6.07, 6.45) is 1.54. The van der Waals surface area contributed by atoms with Crippen LogP contribution in [0.4, 0.5) is 17.5 Å². The maximum Gasteiger partial charge on any atom is 0.244 e. The second-order valence-corrected chi connectivity index (χ2v) is 5.27. The molecule has 2 aromatic carbocycles. The molecule has 6 heteroatoms. The Bertz CT molecular complexity index is 836. The zero-order chi connectivity index (χ0) is 16.8. The molecule has 0 unspecified atom stereocenters. The summed E-state index contributed by atoms with van der Waals surface area (Å²) in [7, 11) is 0. The summed E-state index contributed by atoms with van der Waals surface area (Å²) >= 11 is 0. The number of hydrogen-bond acceptors (Lipinski definition) is 6. The molecule has 0 spiro atoms. The highest BCUT2D eigenvalue weighted by Gasteiger charge is 2.04. The van der Waals surface area contributed by atoms with Crippen molar-refractivity contribution in [2.45, 2.75) is 13.5 Å². The smallest absolute Gasteiger partial charge is 0.244 e. The molecule has 3 rings (SSSR count). The number of aromatic nitrogens is 3. The molecule has 0 saturated carbocycles. The first kappa shape index (κ1) is 15.6. The van der Waals surface area contributed by atoms with Crippen LogP contribution in [0.2, 0.25) is 0 Å². The van der Waals surface area contributed by atoms with Gasteiger partial charge in [-0.2, -0.15) is 10.1 Å². The molecular weight excluding hydrogens is 302 g/mol. The first-order chi connectivity index (χ1) is 11.7. The molecule has 0 amide bonds. The van der Waals surface area contributed by atoms with Crippen molar-refractivity contribution in [1.29, 1.82) is 0 Å². The molecule has 0 radical (unpaired) electrons. The van der Waals surface area contributed by atoms with Gasteiger partial charge in [0, 0.05) is 17.8 Å². The standard InChI is InChI=1S/C18H17N5O/c1-13(24)15-8-5-9-16(10-15)21-17-12-20-23-18(22-17)19-11-14-6-3-2-4-7-14/h2-10,12H,11H2,1H3,(H2,19,21,22,23). The van der Waals surface area contributed by atoms with Crippen LogP contribution in [-0.4, -0.2) is 21.0 Å². The number of carbonyl (C=O) groups excluding carboxylic acids is 1. The van der Waals surface area contributed by atoms with Crippen molar-refractivity contribution in [3.05, 3.63) is 71.9 Å². The predicted molar refractivity (Wildman–Crippen MR) is 93.3 cm³/mol. The van der Waals surface area contributed by atoms with Gasteiger partial charge in [0.05, 0.1) is 6.20 Å². The Balaban J connectivity index is 1.69. The van der Waals surface area contributed by atoms with E-state index in [1.54, 1.807) is 12.1 Å². The molecular formula is C18H17N5O. The molecule has 0 aliphatic carbocycles. The Hall–Kier alpha value is -3.28. The molecule has 0 fully saturated rings. The lowest BCUT2D eigenvalue weighted by molar-refractivity contribution is 0.101. The van der Waals surface area contributed by atoms with Gasteiger partial charge in [0.25, 0.3) is 0 Å². The van der Waals surface area contributed by atoms with E-state index in [4.69, 9.17) is 0 Å². The van der Waals surface area contributed by atoms with Crippen molar-refractivity contribution in [1.82, 2.24) is 15.2 Å². The quantitative estimate of drug-likeness (QED) is 0.678. The van der Waals surface area contributed by atoms with Gasteiger partial charge in [-0.1, -0.05) is 42.5 Å². The Labute approximate surface area is 140 Å². The molecule has 1 heterocycles. The van der Waals surface area contributed by atoms with E-state index in [1.165, 1.54) is 13.1 Å². The van der Waals surface area contributed by atoms with Crippen LogP contribution in [0.25, 0.3) is 0 Å². The molecule has 0 saturated heterocycles. The molecule has 0 atom stereocenters. The number of nitrogens with one attached hydrogen (secondary N) is 2. The van der Waals surface area contributed by atoms with Gasteiger partial charge < -0.3 is 10.6 Å². The topological polar surface area (TPSA) is 79.8 Å². The number of hydrogen-bond donors (Lipinski definition) is 2. The Morgan fingerprint density at radius 3 is 2.71 bits per heavy atom. The van der Waals surface area contributed by atoms with Crippen LogP contribution in [0.15, 0.2) is 60.8 Å². The van der Waals surface area contributed by atoms with Crippen LogP contribution in [0.3, 0.4) is 0 Å². The largest absolute Gasteiger partial charge is 0.349 e. The summed E-state index contributed by atoms with van der Waals surface area (Å²) in [6.45, 7) is 2.16. The van der Waals surface area contributed by atoms with Gasteiger partial charge >= 0.3 is 0 Å². The average molecular weight is 319 g/mol. The molecule has 3 aromatic rings. The highest BCUT2D eigenvalue weighted by atomic mass is 16.1. The summed E-state index contributed by atoms with van der Waals surface area (Å²) in [5.74, 6) is 1.01. The van der Waals surface area contributed by atoms with Crippen LogP contribution in [0, 0.1) is 0 Å². The molecule has 0 aliphatic rings. The van der Waals surface area contributed by atoms with E-state index >= 15 is 0 Å². The van der Waals surface area contributed by atoms with E-state index < -0.39 is 0 Å². The van der Waals surface area contributed by atoms with Crippen molar-refractivity contribution in [2.24, 2.45) is 0 Å². The van der Waals surface area contributed by atoms with Crippen LogP contribution >= 0.6 is 0 Å². The predicted octanol–water partition coefficient (Wildman–Crippen LogP) is 3.43. The number of Topliss-reactive ketones (excluding diaryl/α,β-unsaturated/α-hetero) is 1. The Morgan fingerprint density at radius 1 is 1.08 bits per heavy atom. The second-order valence-electron chi connectivity index (χ2n) is 5.27. The minimum absolute atomic E-state index is 0.0182. The van der Waals surface area contributed by atoms with E-state index in [0.717, 1.165) is 11.3 Å².